The number of amides is 2. The van der Waals surface area contributed by atoms with E-state index in [4.69, 9.17) is 16.3 Å². The van der Waals surface area contributed by atoms with E-state index in [-0.39, 0.29) is 30.4 Å². The number of benzene rings is 2. The van der Waals surface area contributed by atoms with Crippen molar-refractivity contribution >= 4 is 56.4 Å². The highest BCUT2D eigenvalue weighted by Crippen LogP contribution is 2.31. The van der Waals surface area contributed by atoms with Crippen molar-refractivity contribution in [3.05, 3.63) is 51.5 Å². The average Bonchev–Trinajstić information content (AvgIpc) is 2.65. The Bertz CT molecular complexity index is 929. The van der Waals surface area contributed by atoms with Crippen LogP contribution in [0.4, 0.5) is 11.4 Å². The molecule has 0 atom stereocenters. The summed E-state index contributed by atoms with van der Waals surface area (Å²) in [7, 11) is 1.50. The van der Waals surface area contributed by atoms with Crippen LogP contribution in [0.1, 0.15) is 18.4 Å². The van der Waals surface area contributed by atoms with Crippen LogP contribution in [0.2, 0.25) is 5.02 Å². The minimum atomic E-state index is -0.385. The Balaban J connectivity index is 1.86. The molecule has 2 amide bonds. The normalized spacial score (nSPS) is 14.0. The van der Waals surface area contributed by atoms with E-state index in [0.717, 1.165) is 10.0 Å². The van der Waals surface area contributed by atoms with Gasteiger partial charge in [0.1, 0.15) is 11.5 Å². The van der Waals surface area contributed by atoms with Crippen LogP contribution >= 0.6 is 27.5 Å². The standard InChI is InChI=1S/C19H17BrClN3O3/c1-11-9-16(17(27-2)10-14(11)21)22-19(26)15-7-8-18(25)24(23-15)13-5-3-12(20)4-6-13/h3-6,9-10H,7-8H2,1-2H3,(H,22,26). The number of aryl methyl sites for hydroxylation is 1. The van der Waals surface area contributed by atoms with Crippen LogP contribution in [-0.4, -0.2) is 24.6 Å². The van der Waals surface area contributed by atoms with E-state index in [9.17, 15) is 9.59 Å². The number of halogens is 2. The maximum atomic E-state index is 12.7. The topological polar surface area (TPSA) is 71.0 Å². The van der Waals surface area contributed by atoms with Gasteiger partial charge in [-0.25, -0.2) is 5.01 Å². The van der Waals surface area contributed by atoms with Gasteiger partial charge in [0.15, 0.2) is 0 Å². The SMILES string of the molecule is COc1cc(Cl)c(C)cc1NC(=O)C1=NN(c2ccc(Br)cc2)C(=O)CC1. The maximum Gasteiger partial charge on any atom is 0.271 e. The molecule has 0 aromatic heterocycles. The molecule has 2 aromatic carbocycles. The van der Waals surface area contributed by atoms with Gasteiger partial charge in [0, 0.05) is 28.4 Å². The summed E-state index contributed by atoms with van der Waals surface area (Å²) < 4.78 is 6.17. The molecule has 8 heteroatoms. The van der Waals surface area contributed by atoms with E-state index in [1.165, 1.54) is 12.1 Å². The quantitative estimate of drug-likeness (QED) is 0.743. The van der Waals surface area contributed by atoms with E-state index in [1.807, 2.05) is 19.1 Å². The van der Waals surface area contributed by atoms with Crippen LogP contribution in [0.5, 0.6) is 5.75 Å². The smallest absolute Gasteiger partial charge is 0.271 e. The summed E-state index contributed by atoms with van der Waals surface area (Å²) in [6.07, 6.45) is 0.478. The van der Waals surface area contributed by atoms with Gasteiger partial charge in [-0.1, -0.05) is 27.5 Å². The molecule has 0 saturated carbocycles. The fourth-order valence-electron chi connectivity index (χ4n) is 2.62. The van der Waals surface area contributed by atoms with Crippen molar-refractivity contribution < 1.29 is 14.3 Å². The molecule has 0 unspecified atom stereocenters. The number of carbonyl (C=O) groups is 2. The second-order valence-electron chi connectivity index (χ2n) is 5.98. The van der Waals surface area contributed by atoms with Crippen LogP contribution in [0.15, 0.2) is 46.0 Å². The summed E-state index contributed by atoms with van der Waals surface area (Å²) in [5.74, 6) is -0.0883. The lowest BCUT2D eigenvalue weighted by Crippen LogP contribution is -2.36. The van der Waals surface area contributed by atoms with Crippen molar-refractivity contribution in [2.24, 2.45) is 5.10 Å². The van der Waals surface area contributed by atoms with Crippen LogP contribution in [-0.2, 0) is 9.59 Å². The van der Waals surface area contributed by atoms with Crippen LogP contribution in [0.3, 0.4) is 0 Å². The second-order valence-corrected chi connectivity index (χ2v) is 7.31. The minimum absolute atomic E-state index is 0.159. The third kappa shape index (κ3) is 4.31. The first-order valence-corrected chi connectivity index (χ1v) is 9.37. The first-order valence-electron chi connectivity index (χ1n) is 8.20. The molecule has 1 aliphatic heterocycles. The van der Waals surface area contributed by atoms with Crippen molar-refractivity contribution in [3.8, 4) is 5.75 Å². The van der Waals surface area contributed by atoms with Crippen molar-refractivity contribution in [2.75, 3.05) is 17.4 Å². The molecular formula is C19H17BrClN3O3. The number of methoxy groups -OCH3 is 1. The maximum absolute atomic E-state index is 12.7. The van der Waals surface area contributed by atoms with Crippen molar-refractivity contribution in [2.45, 2.75) is 19.8 Å². The second kappa shape index (κ2) is 8.10. The molecule has 27 heavy (non-hydrogen) atoms. The molecular weight excluding hydrogens is 434 g/mol. The number of hydrogen-bond donors (Lipinski definition) is 1. The molecule has 1 aliphatic rings. The summed E-state index contributed by atoms with van der Waals surface area (Å²) >= 11 is 9.46. The molecule has 140 valence electrons. The summed E-state index contributed by atoms with van der Waals surface area (Å²) in [5, 5.41) is 8.86. The number of rotatable bonds is 4. The Labute approximate surface area is 170 Å². The number of hydrazone groups is 1. The fraction of sp³-hybridized carbons (Fsp3) is 0.211. The van der Waals surface area contributed by atoms with Gasteiger partial charge in [-0.15, -0.1) is 0 Å². The number of nitrogens with zero attached hydrogens (tertiary/aromatic N) is 2. The van der Waals surface area contributed by atoms with Gasteiger partial charge < -0.3 is 10.1 Å². The number of ether oxygens (including phenoxy) is 1. The Morgan fingerprint density at radius 1 is 1.26 bits per heavy atom. The molecule has 3 rings (SSSR count). The van der Waals surface area contributed by atoms with Crippen molar-refractivity contribution in [1.82, 2.24) is 0 Å². The highest BCUT2D eigenvalue weighted by atomic mass is 79.9. The third-order valence-electron chi connectivity index (χ3n) is 4.09. The fourth-order valence-corrected chi connectivity index (χ4v) is 3.04. The van der Waals surface area contributed by atoms with E-state index < -0.39 is 0 Å². The van der Waals surface area contributed by atoms with E-state index in [0.29, 0.717) is 22.1 Å². The Kier molecular flexibility index (Phi) is 5.82. The lowest BCUT2D eigenvalue weighted by atomic mass is 10.1. The first-order chi connectivity index (χ1) is 12.9. The van der Waals surface area contributed by atoms with Gasteiger partial charge in [0.2, 0.25) is 5.91 Å². The Hall–Kier alpha value is -2.38. The van der Waals surface area contributed by atoms with Crippen LogP contribution < -0.4 is 15.1 Å². The zero-order chi connectivity index (χ0) is 19.6. The summed E-state index contributed by atoms with van der Waals surface area (Å²) in [5.41, 5.74) is 2.18. The Morgan fingerprint density at radius 3 is 2.63 bits per heavy atom. The molecule has 0 fully saturated rings. The molecule has 2 aromatic rings. The van der Waals surface area contributed by atoms with Gasteiger partial charge in [0.05, 0.1) is 18.5 Å². The number of nitrogens with one attached hydrogen (secondary N) is 1. The van der Waals surface area contributed by atoms with Gasteiger partial charge in [-0.2, -0.15) is 5.10 Å². The molecule has 6 nitrogen and oxygen atoms in total. The van der Waals surface area contributed by atoms with Crippen LogP contribution in [0.25, 0.3) is 0 Å². The average molecular weight is 451 g/mol. The third-order valence-corrected chi connectivity index (χ3v) is 5.03. The van der Waals surface area contributed by atoms with Gasteiger partial charge in [-0.05, 0) is 42.8 Å². The monoisotopic (exact) mass is 449 g/mol. The number of carbonyl (C=O) groups excluding carboxylic acids is 2. The number of anilines is 2. The zero-order valence-corrected chi connectivity index (χ0v) is 17.1. The van der Waals surface area contributed by atoms with Gasteiger partial charge >= 0.3 is 0 Å². The van der Waals surface area contributed by atoms with Crippen molar-refractivity contribution in [1.29, 1.82) is 0 Å². The van der Waals surface area contributed by atoms with E-state index in [1.54, 1.807) is 24.3 Å². The predicted octanol–water partition coefficient (Wildman–Crippen LogP) is 4.54. The van der Waals surface area contributed by atoms with E-state index in [2.05, 4.69) is 26.3 Å². The van der Waals surface area contributed by atoms with Crippen LogP contribution in [0, 0.1) is 6.92 Å². The number of hydrogen-bond acceptors (Lipinski definition) is 4. The molecule has 0 spiro atoms. The molecule has 0 saturated heterocycles. The highest BCUT2D eigenvalue weighted by molar-refractivity contribution is 9.10. The minimum Gasteiger partial charge on any atom is -0.495 e. The molecule has 0 radical (unpaired) electrons. The summed E-state index contributed by atoms with van der Waals surface area (Å²) in [4.78, 5) is 24.9. The highest BCUT2D eigenvalue weighted by Gasteiger charge is 2.26. The molecule has 1 heterocycles. The molecule has 1 N–H and O–H groups in total. The first kappa shape index (κ1) is 19.4. The summed E-state index contributed by atoms with van der Waals surface area (Å²) in [6, 6.07) is 10.5. The van der Waals surface area contributed by atoms with Gasteiger partial charge in [-0.3, -0.25) is 9.59 Å². The lowest BCUT2D eigenvalue weighted by Gasteiger charge is -2.23. The Morgan fingerprint density at radius 2 is 1.96 bits per heavy atom. The summed E-state index contributed by atoms with van der Waals surface area (Å²) in [6.45, 7) is 1.84. The zero-order valence-electron chi connectivity index (χ0n) is 14.8. The predicted molar refractivity (Wildman–Crippen MR) is 110 cm³/mol. The van der Waals surface area contributed by atoms with Gasteiger partial charge in [0.25, 0.3) is 5.91 Å². The largest absolute Gasteiger partial charge is 0.495 e. The lowest BCUT2D eigenvalue weighted by molar-refractivity contribution is -0.118. The molecule has 0 aliphatic carbocycles. The molecule has 0 bridgehead atoms. The van der Waals surface area contributed by atoms with Crippen molar-refractivity contribution in [3.63, 3.8) is 0 Å². The van der Waals surface area contributed by atoms with E-state index >= 15 is 0 Å².